The number of imidazole rings is 1. The summed E-state index contributed by atoms with van der Waals surface area (Å²) in [4.78, 5) is 16.4. The average molecular weight is 433 g/mol. The van der Waals surface area contributed by atoms with Crippen LogP contribution in [0.3, 0.4) is 0 Å². The molecule has 1 amide bonds. The number of rotatable bonds is 5. The summed E-state index contributed by atoms with van der Waals surface area (Å²) in [5.74, 6) is 0.589. The van der Waals surface area contributed by atoms with E-state index in [1.807, 2.05) is 58.0 Å². The number of carbonyl (C=O) groups excluding carboxylic acids is 1. The summed E-state index contributed by atoms with van der Waals surface area (Å²) in [6, 6.07) is 9.87. The normalized spacial score (nSPS) is 12.4. The Morgan fingerprint density at radius 2 is 1.96 bits per heavy atom. The van der Waals surface area contributed by atoms with Crippen molar-refractivity contribution in [2.75, 3.05) is 10.7 Å². The Hall–Kier alpha value is -2.64. The standard InChI is InChI=1S/C18H22N6O2Se/c1-12(14-19-10-11-24(14)23-17(25)26-18(2,3)4)15-21-22-16(27-15)20-13-8-6-5-7-9-13/h5-12H,1-4H3,(H,20,22)(H,23,25). The van der Waals surface area contributed by atoms with Crippen molar-refractivity contribution in [1.29, 1.82) is 0 Å². The molecule has 0 bridgehead atoms. The van der Waals surface area contributed by atoms with Gasteiger partial charge in [0, 0.05) is 0 Å². The molecule has 0 fully saturated rings. The molecule has 0 radical (unpaired) electrons. The van der Waals surface area contributed by atoms with E-state index < -0.39 is 11.7 Å². The SMILES string of the molecule is CC(c1nnc(Nc2ccccc2)[se]1)c1nccn1NC(=O)OC(C)(C)C. The zero-order chi connectivity index (χ0) is 19.4. The minimum absolute atomic E-state index is 0.0437. The predicted octanol–water partition coefficient (Wildman–Crippen LogP) is 3.10. The first kappa shape index (κ1) is 19.1. The Labute approximate surface area is 163 Å². The van der Waals surface area contributed by atoms with E-state index >= 15 is 0 Å². The second-order valence-electron chi connectivity index (χ2n) is 6.93. The van der Waals surface area contributed by atoms with Gasteiger partial charge in [-0.1, -0.05) is 0 Å². The van der Waals surface area contributed by atoms with Crippen LogP contribution in [0.25, 0.3) is 0 Å². The van der Waals surface area contributed by atoms with Gasteiger partial charge in [-0.25, -0.2) is 0 Å². The van der Waals surface area contributed by atoms with Gasteiger partial charge in [-0.2, -0.15) is 0 Å². The van der Waals surface area contributed by atoms with Crippen LogP contribution in [0.1, 0.15) is 44.0 Å². The van der Waals surface area contributed by atoms with Gasteiger partial charge in [0.2, 0.25) is 0 Å². The molecule has 0 aliphatic carbocycles. The van der Waals surface area contributed by atoms with E-state index in [0.29, 0.717) is 5.82 Å². The Bertz CT molecular complexity index is 900. The van der Waals surface area contributed by atoms with Gasteiger partial charge in [0.25, 0.3) is 0 Å². The van der Waals surface area contributed by atoms with E-state index in [1.54, 1.807) is 17.1 Å². The fourth-order valence-corrected chi connectivity index (χ4v) is 4.05. The number of amides is 1. The summed E-state index contributed by atoms with van der Waals surface area (Å²) in [5, 5.41) is 11.9. The van der Waals surface area contributed by atoms with E-state index in [4.69, 9.17) is 4.74 Å². The number of anilines is 2. The molecular formula is C18H22N6O2Se. The van der Waals surface area contributed by atoms with Crippen LogP contribution in [0.4, 0.5) is 15.2 Å². The number of benzene rings is 1. The zero-order valence-corrected chi connectivity index (χ0v) is 17.3. The molecule has 8 nitrogen and oxygen atoms in total. The summed E-state index contributed by atoms with van der Waals surface area (Å²) < 4.78 is 8.64. The Balaban J connectivity index is 1.71. The first-order valence-electron chi connectivity index (χ1n) is 8.50. The molecule has 27 heavy (non-hydrogen) atoms. The van der Waals surface area contributed by atoms with E-state index in [-0.39, 0.29) is 20.4 Å². The van der Waals surface area contributed by atoms with E-state index in [1.165, 1.54) is 0 Å². The molecule has 1 atom stereocenters. The third kappa shape index (κ3) is 5.18. The van der Waals surface area contributed by atoms with Crippen molar-refractivity contribution >= 4 is 31.0 Å². The van der Waals surface area contributed by atoms with E-state index in [9.17, 15) is 4.79 Å². The van der Waals surface area contributed by atoms with Crippen molar-refractivity contribution < 1.29 is 9.53 Å². The number of para-hydroxylation sites is 1. The van der Waals surface area contributed by atoms with Crippen molar-refractivity contribution in [3.05, 3.63) is 53.1 Å². The Morgan fingerprint density at radius 1 is 1.22 bits per heavy atom. The van der Waals surface area contributed by atoms with Crippen molar-refractivity contribution in [3.8, 4) is 0 Å². The summed E-state index contributed by atoms with van der Waals surface area (Å²) >= 11 is -0.0437. The molecule has 1 unspecified atom stereocenters. The van der Waals surface area contributed by atoms with Crippen LogP contribution in [-0.2, 0) is 4.74 Å². The second kappa shape index (κ2) is 7.94. The predicted molar refractivity (Wildman–Crippen MR) is 104 cm³/mol. The molecule has 2 aromatic heterocycles. The van der Waals surface area contributed by atoms with Gasteiger partial charge in [0.05, 0.1) is 0 Å². The molecule has 2 heterocycles. The van der Waals surface area contributed by atoms with Crippen LogP contribution in [0.2, 0.25) is 0 Å². The Morgan fingerprint density at radius 3 is 2.67 bits per heavy atom. The molecule has 3 rings (SSSR count). The summed E-state index contributed by atoms with van der Waals surface area (Å²) in [6.45, 7) is 7.45. The number of ether oxygens (including phenoxy) is 1. The number of nitrogens with zero attached hydrogens (tertiary/aromatic N) is 4. The third-order valence-corrected chi connectivity index (χ3v) is 5.65. The van der Waals surface area contributed by atoms with Crippen LogP contribution in [-0.4, -0.2) is 46.1 Å². The van der Waals surface area contributed by atoms with Crippen LogP contribution in [0.15, 0.2) is 42.7 Å². The second-order valence-corrected chi connectivity index (χ2v) is 9.04. The van der Waals surface area contributed by atoms with Gasteiger partial charge < -0.3 is 0 Å². The zero-order valence-electron chi connectivity index (χ0n) is 15.6. The van der Waals surface area contributed by atoms with Crippen molar-refractivity contribution in [3.63, 3.8) is 0 Å². The van der Waals surface area contributed by atoms with E-state index in [0.717, 1.165) is 14.9 Å². The number of hydrogen-bond acceptors (Lipinski definition) is 6. The van der Waals surface area contributed by atoms with Gasteiger partial charge >= 0.3 is 163 Å². The molecule has 9 heteroatoms. The number of aromatic nitrogens is 4. The van der Waals surface area contributed by atoms with Gasteiger partial charge in [0.1, 0.15) is 0 Å². The molecule has 1 aromatic carbocycles. The molecule has 142 valence electrons. The molecule has 0 saturated heterocycles. The van der Waals surface area contributed by atoms with Crippen LogP contribution in [0, 0.1) is 0 Å². The first-order chi connectivity index (χ1) is 12.8. The van der Waals surface area contributed by atoms with Crippen LogP contribution >= 0.6 is 0 Å². The summed E-state index contributed by atoms with van der Waals surface area (Å²) in [5.41, 5.74) is 3.11. The first-order valence-corrected chi connectivity index (χ1v) is 10.2. The molecule has 3 aromatic rings. The fourth-order valence-electron chi connectivity index (χ4n) is 2.34. The maximum atomic E-state index is 12.0. The Kier molecular flexibility index (Phi) is 5.62. The summed E-state index contributed by atoms with van der Waals surface area (Å²) in [6.07, 6.45) is 2.79. The number of nitrogens with one attached hydrogen (secondary N) is 2. The molecule has 0 aliphatic heterocycles. The van der Waals surface area contributed by atoms with E-state index in [2.05, 4.69) is 25.9 Å². The van der Waals surface area contributed by atoms with Gasteiger partial charge in [-0.15, -0.1) is 0 Å². The monoisotopic (exact) mass is 434 g/mol. The quantitative estimate of drug-likeness (QED) is 0.601. The van der Waals surface area contributed by atoms with Crippen molar-refractivity contribution in [2.45, 2.75) is 39.2 Å². The van der Waals surface area contributed by atoms with Gasteiger partial charge in [0.15, 0.2) is 0 Å². The van der Waals surface area contributed by atoms with Crippen LogP contribution in [0.5, 0.6) is 0 Å². The maximum absolute atomic E-state index is 12.0. The van der Waals surface area contributed by atoms with Crippen LogP contribution < -0.4 is 10.7 Å². The minimum atomic E-state index is -0.569. The van der Waals surface area contributed by atoms with Gasteiger partial charge in [-0.3, -0.25) is 0 Å². The fraction of sp³-hybridized carbons (Fsp3) is 0.333. The average Bonchev–Trinajstić information content (AvgIpc) is 3.23. The van der Waals surface area contributed by atoms with Crippen molar-refractivity contribution in [2.24, 2.45) is 0 Å². The topological polar surface area (TPSA) is 94.0 Å². The van der Waals surface area contributed by atoms with Gasteiger partial charge in [-0.05, 0) is 0 Å². The number of hydrogen-bond donors (Lipinski definition) is 2. The molecule has 0 saturated carbocycles. The molecule has 2 N–H and O–H groups in total. The van der Waals surface area contributed by atoms with Crippen molar-refractivity contribution in [1.82, 2.24) is 19.9 Å². The summed E-state index contributed by atoms with van der Waals surface area (Å²) in [7, 11) is 0. The molecular weight excluding hydrogens is 411 g/mol. The molecule has 0 spiro atoms. The molecule has 0 aliphatic rings. The number of carbonyl (C=O) groups is 1. The third-order valence-electron chi connectivity index (χ3n) is 3.50.